The van der Waals surface area contributed by atoms with Crippen LogP contribution in [0.4, 0.5) is 0 Å². The molecule has 0 bridgehead atoms. The number of nitrogens with zero attached hydrogens (tertiary/aromatic N) is 6. The Morgan fingerprint density at radius 2 is 1.04 bits per heavy atom. The normalized spacial score (nSPS) is 25.9. The van der Waals surface area contributed by atoms with E-state index in [9.17, 15) is 0 Å². The largest absolute Gasteiger partial charge is 0.358 e. The number of rotatable bonds is 14. The molecule has 2 aromatic heterocycles. The Morgan fingerprint density at radius 3 is 1.40 bits per heavy atom. The molecule has 0 radical (unpaired) electrons. The fraction of sp³-hybridized carbons (Fsp3) is 0.636. The molecule has 0 spiro atoms. The molecule has 55 heavy (non-hydrogen) atoms. The third-order valence-electron chi connectivity index (χ3n) is 13.9. The molecule has 300 valence electrons. The number of likely N-dealkylation sites (tertiary alicyclic amines) is 2. The first-order valence-electron chi connectivity index (χ1n) is 21.6. The molecule has 4 aliphatic rings. The lowest BCUT2D eigenvalue weighted by Gasteiger charge is -2.54. The van der Waals surface area contributed by atoms with Gasteiger partial charge in [-0.25, -0.2) is 10.0 Å². The number of piperidine rings is 2. The summed E-state index contributed by atoms with van der Waals surface area (Å²) in [6, 6.07) is 13.8. The van der Waals surface area contributed by atoms with Crippen molar-refractivity contribution in [1.82, 2.24) is 38.6 Å². The summed E-state index contributed by atoms with van der Waals surface area (Å²) in [6.07, 6.45) is 5.72. The van der Waals surface area contributed by atoms with Gasteiger partial charge >= 0.3 is 10.2 Å². The molecule has 4 aromatic rings. The van der Waals surface area contributed by atoms with E-state index in [1.54, 1.807) is 0 Å². The highest BCUT2D eigenvalue weighted by Gasteiger charge is 2.52. The predicted molar refractivity (Wildman–Crippen MR) is 226 cm³/mol. The average Bonchev–Trinajstić information content (AvgIpc) is 3.68. The summed E-state index contributed by atoms with van der Waals surface area (Å²) in [4.78, 5) is 12.7. The Balaban J connectivity index is 1.22. The molecular weight excluding hydrogens is 705 g/mol. The maximum absolute atomic E-state index is 16.1. The minimum atomic E-state index is -4.03. The standard InChI is InChI=1S/C44H66N8O2S/c1-9-21-47-27-31(23-37-33-17-15-19-39-43(33)35(25-41(37)47)29(7)45-39)51(49(11-3)12-4)55(53,54)52(50(13-5)14-6)32-24-38-34-18-16-20-40-44(34)36(30(8)46-40)26-42(38)48(28-32)22-10-2/h15-20,31-32,37-38,41-42,45-46H,9-14,21-28H2,1-8H3/t31-,32-,37+,38+,41+,42+/m0/s1. The molecule has 2 fully saturated rings. The minimum Gasteiger partial charge on any atom is -0.358 e. The van der Waals surface area contributed by atoms with Gasteiger partial charge in [0.15, 0.2) is 0 Å². The van der Waals surface area contributed by atoms with Crippen molar-refractivity contribution in [3.05, 3.63) is 70.0 Å². The van der Waals surface area contributed by atoms with Crippen molar-refractivity contribution >= 4 is 32.0 Å². The van der Waals surface area contributed by atoms with Crippen molar-refractivity contribution in [1.29, 1.82) is 0 Å². The van der Waals surface area contributed by atoms with Crippen LogP contribution in [-0.2, 0) is 23.1 Å². The van der Waals surface area contributed by atoms with Crippen molar-refractivity contribution in [2.45, 2.75) is 130 Å². The van der Waals surface area contributed by atoms with E-state index in [-0.39, 0.29) is 23.9 Å². The van der Waals surface area contributed by atoms with Gasteiger partial charge < -0.3 is 9.97 Å². The van der Waals surface area contributed by atoms with Gasteiger partial charge in [-0.2, -0.15) is 8.42 Å². The second kappa shape index (κ2) is 15.5. The first-order chi connectivity index (χ1) is 26.6. The topological polar surface area (TPSA) is 85.2 Å². The van der Waals surface area contributed by atoms with Crippen LogP contribution in [0.1, 0.15) is 113 Å². The van der Waals surface area contributed by atoms with E-state index in [0.717, 1.165) is 64.7 Å². The molecular formula is C44H66N8O2S. The van der Waals surface area contributed by atoms with Crippen molar-refractivity contribution in [3.8, 4) is 0 Å². The number of aromatic amines is 2. The fourth-order valence-corrected chi connectivity index (χ4v) is 14.0. The Morgan fingerprint density at radius 1 is 0.636 bits per heavy atom. The summed E-state index contributed by atoms with van der Waals surface area (Å²) < 4.78 is 36.0. The van der Waals surface area contributed by atoms with Gasteiger partial charge in [-0.3, -0.25) is 9.80 Å². The molecule has 2 aliphatic heterocycles. The molecule has 2 aromatic carbocycles. The maximum Gasteiger partial charge on any atom is 0.308 e. The molecule has 4 heterocycles. The van der Waals surface area contributed by atoms with E-state index in [0.29, 0.717) is 38.3 Å². The van der Waals surface area contributed by atoms with E-state index in [4.69, 9.17) is 0 Å². The summed E-state index contributed by atoms with van der Waals surface area (Å²) in [5.74, 6) is 0.508. The van der Waals surface area contributed by atoms with Crippen LogP contribution in [0.25, 0.3) is 21.8 Å². The predicted octanol–water partition coefficient (Wildman–Crippen LogP) is 7.31. The van der Waals surface area contributed by atoms with Crippen LogP contribution in [0.15, 0.2) is 36.4 Å². The summed E-state index contributed by atoms with van der Waals surface area (Å²) in [5, 5.41) is 7.00. The quantitative estimate of drug-likeness (QED) is 0.131. The van der Waals surface area contributed by atoms with Crippen LogP contribution in [0.3, 0.4) is 0 Å². The van der Waals surface area contributed by atoms with E-state index in [1.807, 2.05) is 8.83 Å². The lowest BCUT2D eigenvalue weighted by atomic mass is 9.73. The van der Waals surface area contributed by atoms with Crippen LogP contribution >= 0.6 is 0 Å². The van der Waals surface area contributed by atoms with Gasteiger partial charge in [-0.15, -0.1) is 8.83 Å². The first kappa shape index (κ1) is 39.1. The highest BCUT2D eigenvalue weighted by molar-refractivity contribution is 7.86. The molecule has 2 aliphatic carbocycles. The maximum atomic E-state index is 16.1. The molecule has 6 atom stereocenters. The molecule has 11 heteroatoms. The zero-order valence-electron chi connectivity index (χ0n) is 34.7. The molecule has 8 rings (SSSR count). The van der Waals surface area contributed by atoms with E-state index >= 15 is 8.42 Å². The van der Waals surface area contributed by atoms with Gasteiger partial charge in [0.2, 0.25) is 0 Å². The van der Waals surface area contributed by atoms with Gasteiger partial charge in [-0.1, -0.05) is 65.8 Å². The van der Waals surface area contributed by atoms with Gasteiger partial charge in [0, 0.05) is 96.4 Å². The van der Waals surface area contributed by atoms with Gasteiger partial charge in [0.25, 0.3) is 0 Å². The Bertz CT molecular complexity index is 1960. The highest BCUT2D eigenvalue weighted by Crippen LogP contribution is 2.48. The van der Waals surface area contributed by atoms with Gasteiger partial charge in [-0.05, 0) is 99.8 Å². The smallest absolute Gasteiger partial charge is 0.308 e. The number of H-pyrrole nitrogens is 2. The van der Waals surface area contributed by atoms with Gasteiger partial charge in [0.1, 0.15) is 0 Å². The van der Waals surface area contributed by atoms with Crippen LogP contribution in [0.5, 0.6) is 0 Å². The Hall–Kier alpha value is -2.77. The molecule has 0 saturated carbocycles. The van der Waals surface area contributed by atoms with E-state index in [2.05, 4.69) is 122 Å². The molecule has 10 nitrogen and oxygen atoms in total. The Kier molecular flexibility index (Phi) is 11.0. The van der Waals surface area contributed by atoms with Crippen molar-refractivity contribution < 1.29 is 8.42 Å². The monoisotopic (exact) mass is 771 g/mol. The summed E-state index contributed by atoms with van der Waals surface area (Å²) in [7, 11) is -4.03. The molecule has 0 unspecified atom stereocenters. The average molecular weight is 771 g/mol. The fourth-order valence-electron chi connectivity index (χ4n) is 11.7. The number of benzene rings is 2. The second-order valence-electron chi connectivity index (χ2n) is 16.9. The van der Waals surface area contributed by atoms with Gasteiger partial charge in [0.05, 0.1) is 12.1 Å². The first-order valence-corrected chi connectivity index (χ1v) is 23.0. The highest BCUT2D eigenvalue weighted by atomic mass is 32.2. The van der Waals surface area contributed by atoms with Crippen molar-refractivity contribution in [3.63, 3.8) is 0 Å². The second-order valence-corrected chi connectivity index (χ2v) is 18.5. The number of hydrazine groups is 2. The Labute approximate surface area is 330 Å². The number of nitrogens with one attached hydrogen (secondary N) is 2. The SMILES string of the molecule is CCCN1C[C@@H](N(N(CC)CC)S(=O)(=O)N([C@H]2C[C@@H]3c4cccc5[nH]c(C)c(c45)C[C@H]3N(CCC)C2)N(CC)CC)C[C@@H]2c3cccc4[nH]c(C)c(c34)C[C@H]21. The zero-order chi connectivity index (χ0) is 38.8. The number of fused-ring (bicyclic) bond motifs is 4. The number of aryl methyl sites for hydroxylation is 2. The lowest BCUT2D eigenvalue weighted by Crippen LogP contribution is -2.68. The summed E-state index contributed by atoms with van der Waals surface area (Å²) >= 11 is 0. The van der Waals surface area contributed by atoms with E-state index in [1.165, 1.54) is 55.4 Å². The van der Waals surface area contributed by atoms with Crippen molar-refractivity contribution in [2.75, 3.05) is 52.4 Å². The number of hydrogen-bond acceptors (Lipinski definition) is 6. The number of hydrogen-bond donors (Lipinski definition) is 2. The van der Waals surface area contributed by atoms with Crippen molar-refractivity contribution in [2.24, 2.45) is 0 Å². The molecule has 2 saturated heterocycles. The van der Waals surface area contributed by atoms with Crippen LogP contribution in [-0.4, -0.2) is 124 Å². The van der Waals surface area contributed by atoms with Crippen LogP contribution in [0, 0.1) is 13.8 Å². The third kappa shape index (κ3) is 6.40. The van der Waals surface area contributed by atoms with E-state index < -0.39 is 10.2 Å². The third-order valence-corrected chi connectivity index (χ3v) is 15.9. The lowest BCUT2D eigenvalue weighted by molar-refractivity contribution is -0.0570. The zero-order valence-corrected chi connectivity index (χ0v) is 35.6. The minimum absolute atomic E-state index is 0.190. The summed E-state index contributed by atoms with van der Waals surface area (Å²) in [5.41, 5.74) is 10.6. The number of aromatic nitrogens is 2. The summed E-state index contributed by atoms with van der Waals surface area (Å²) in [6.45, 7) is 23.3. The van der Waals surface area contributed by atoms with Crippen LogP contribution < -0.4 is 0 Å². The molecule has 0 amide bonds. The molecule has 2 N–H and O–H groups in total. The van der Waals surface area contributed by atoms with Crippen LogP contribution in [0.2, 0.25) is 0 Å².